The third-order valence-corrected chi connectivity index (χ3v) is 8.42. The van der Waals surface area contributed by atoms with Crippen LogP contribution in [-0.4, -0.2) is 30.7 Å². The minimum Gasteiger partial charge on any atom is -0.465 e. The van der Waals surface area contributed by atoms with Crippen LogP contribution < -0.4 is 0 Å². The fourth-order valence-electron chi connectivity index (χ4n) is 6.55. The number of hydrogen-bond acceptors (Lipinski definition) is 4. The molecule has 5 heteroatoms. The Kier molecular flexibility index (Phi) is 6.82. The van der Waals surface area contributed by atoms with Gasteiger partial charge in [-0.2, -0.15) is 0 Å². The van der Waals surface area contributed by atoms with Crippen LogP contribution in [0.2, 0.25) is 0 Å². The van der Waals surface area contributed by atoms with Gasteiger partial charge in [0.15, 0.2) is 0 Å². The van der Waals surface area contributed by atoms with Gasteiger partial charge in [-0.25, -0.2) is 9.59 Å². The number of nitrogens with zero attached hydrogens (tertiary/aromatic N) is 1. The lowest BCUT2D eigenvalue weighted by Crippen LogP contribution is -2.20. The van der Waals surface area contributed by atoms with Crippen molar-refractivity contribution >= 4 is 11.9 Å². The molecule has 0 bridgehead atoms. The fourth-order valence-corrected chi connectivity index (χ4v) is 6.55. The highest BCUT2D eigenvalue weighted by molar-refractivity contribution is 6.07. The molecule has 1 saturated carbocycles. The summed E-state index contributed by atoms with van der Waals surface area (Å²) in [7, 11) is 2.72. The number of hydrogen-bond donors (Lipinski definition) is 0. The molecule has 0 saturated heterocycles. The molecule has 198 valence electrons. The van der Waals surface area contributed by atoms with Crippen molar-refractivity contribution in [1.82, 2.24) is 4.57 Å². The molecule has 6 rings (SSSR count). The smallest absolute Gasteiger partial charge is 0.355 e. The van der Waals surface area contributed by atoms with Crippen LogP contribution in [0.15, 0.2) is 79.0 Å². The number of rotatable bonds is 6. The van der Waals surface area contributed by atoms with Crippen LogP contribution >= 0.6 is 0 Å². The largest absolute Gasteiger partial charge is 0.465 e. The van der Waals surface area contributed by atoms with Crippen LogP contribution in [0.25, 0.3) is 22.3 Å². The van der Waals surface area contributed by atoms with E-state index in [0.717, 1.165) is 37.7 Å². The van der Waals surface area contributed by atoms with Crippen LogP contribution in [0.3, 0.4) is 0 Å². The normalized spacial score (nSPS) is 16.4. The molecule has 39 heavy (non-hydrogen) atoms. The topological polar surface area (TPSA) is 57.5 Å². The molecule has 0 radical (unpaired) electrons. The Labute approximate surface area is 229 Å². The Bertz CT molecular complexity index is 1530. The van der Waals surface area contributed by atoms with Gasteiger partial charge in [-0.15, -0.1) is 0 Å². The molecule has 2 aliphatic carbocycles. The molecule has 1 fully saturated rings. The second kappa shape index (κ2) is 10.6. The molecule has 0 N–H and O–H groups in total. The first-order valence-corrected chi connectivity index (χ1v) is 13.8. The molecule has 1 heterocycles. The molecule has 1 unspecified atom stereocenters. The van der Waals surface area contributed by atoms with Crippen molar-refractivity contribution in [3.63, 3.8) is 0 Å². The van der Waals surface area contributed by atoms with E-state index in [0.29, 0.717) is 5.56 Å². The zero-order chi connectivity index (χ0) is 26.9. The standard InChI is InChI=1S/C34H33NO4/c1-38-33(36)31-30(21-35(32(31)34(37)39-2)24-13-7-4-8-14-24)23-17-18-27-28(19-22-11-5-3-6-12-22)25-15-9-10-16-26(25)29(27)20-23/h3,5-6,9-12,15-18,20-21,24,28H,4,7-8,13-14,19H2,1-2H3. The molecular formula is C34H33NO4. The van der Waals surface area contributed by atoms with Gasteiger partial charge in [-0.1, -0.05) is 86.0 Å². The van der Waals surface area contributed by atoms with E-state index in [1.807, 2.05) is 16.8 Å². The Morgan fingerprint density at radius 3 is 2.21 bits per heavy atom. The fraction of sp³-hybridized carbons (Fsp3) is 0.294. The van der Waals surface area contributed by atoms with Crippen molar-refractivity contribution in [2.75, 3.05) is 14.2 Å². The first-order valence-electron chi connectivity index (χ1n) is 13.8. The zero-order valence-corrected chi connectivity index (χ0v) is 22.5. The second-order valence-corrected chi connectivity index (χ2v) is 10.6. The number of ether oxygens (including phenoxy) is 2. The van der Waals surface area contributed by atoms with Gasteiger partial charge in [0.2, 0.25) is 0 Å². The van der Waals surface area contributed by atoms with Gasteiger partial charge in [-0.05, 0) is 58.7 Å². The van der Waals surface area contributed by atoms with Gasteiger partial charge in [0.25, 0.3) is 0 Å². The van der Waals surface area contributed by atoms with E-state index in [1.54, 1.807) is 0 Å². The summed E-state index contributed by atoms with van der Waals surface area (Å²) >= 11 is 0. The van der Waals surface area contributed by atoms with E-state index in [2.05, 4.69) is 66.7 Å². The third-order valence-electron chi connectivity index (χ3n) is 8.42. The summed E-state index contributed by atoms with van der Waals surface area (Å²) in [6.45, 7) is 0. The van der Waals surface area contributed by atoms with Crippen molar-refractivity contribution in [2.45, 2.75) is 50.5 Å². The van der Waals surface area contributed by atoms with Crippen LogP contribution in [0.1, 0.15) is 81.6 Å². The zero-order valence-electron chi connectivity index (χ0n) is 22.5. The van der Waals surface area contributed by atoms with E-state index in [9.17, 15) is 9.59 Å². The van der Waals surface area contributed by atoms with E-state index >= 15 is 0 Å². The highest BCUT2D eigenvalue weighted by atomic mass is 16.5. The number of carbonyl (C=O) groups excluding carboxylic acids is 2. The van der Waals surface area contributed by atoms with Gasteiger partial charge in [0, 0.05) is 23.7 Å². The summed E-state index contributed by atoms with van der Waals surface area (Å²) in [4.78, 5) is 26.3. The van der Waals surface area contributed by atoms with Crippen LogP contribution in [0.4, 0.5) is 0 Å². The summed E-state index contributed by atoms with van der Waals surface area (Å²) in [6, 6.07) is 25.8. The molecule has 4 aromatic rings. The molecular weight excluding hydrogens is 486 g/mol. The maximum atomic E-state index is 13.2. The summed E-state index contributed by atoms with van der Waals surface area (Å²) in [5, 5.41) is 0. The predicted molar refractivity (Wildman–Crippen MR) is 152 cm³/mol. The number of methoxy groups -OCH3 is 2. The average Bonchev–Trinajstić information content (AvgIpc) is 3.54. The molecule has 1 aromatic heterocycles. The third kappa shape index (κ3) is 4.46. The number of benzene rings is 3. The number of fused-ring (bicyclic) bond motifs is 3. The van der Waals surface area contributed by atoms with E-state index < -0.39 is 11.9 Å². The lowest BCUT2D eigenvalue weighted by atomic mass is 9.89. The molecule has 0 aliphatic heterocycles. The van der Waals surface area contributed by atoms with Gasteiger partial charge >= 0.3 is 11.9 Å². The van der Waals surface area contributed by atoms with Crippen molar-refractivity contribution in [2.24, 2.45) is 0 Å². The van der Waals surface area contributed by atoms with Gasteiger partial charge in [0.05, 0.1) is 14.2 Å². The van der Waals surface area contributed by atoms with Gasteiger partial charge in [0.1, 0.15) is 11.3 Å². The van der Waals surface area contributed by atoms with Gasteiger partial charge in [-0.3, -0.25) is 0 Å². The van der Waals surface area contributed by atoms with Crippen molar-refractivity contribution in [1.29, 1.82) is 0 Å². The number of esters is 2. The molecule has 5 nitrogen and oxygen atoms in total. The van der Waals surface area contributed by atoms with Gasteiger partial charge < -0.3 is 14.0 Å². The minimum absolute atomic E-state index is 0.149. The van der Waals surface area contributed by atoms with Crippen molar-refractivity contribution < 1.29 is 19.1 Å². The lowest BCUT2D eigenvalue weighted by molar-refractivity contribution is 0.0544. The summed E-state index contributed by atoms with van der Waals surface area (Å²) in [5.41, 5.74) is 8.45. The van der Waals surface area contributed by atoms with Crippen molar-refractivity contribution in [3.05, 3.63) is 107 Å². The van der Waals surface area contributed by atoms with E-state index in [4.69, 9.17) is 9.47 Å². The highest BCUT2D eigenvalue weighted by Gasteiger charge is 2.33. The maximum Gasteiger partial charge on any atom is 0.355 e. The Hall–Kier alpha value is -4.12. The molecule has 0 spiro atoms. The van der Waals surface area contributed by atoms with Crippen LogP contribution in [-0.2, 0) is 15.9 Å². The molecule has 2 aliphatic rings. The minimum atomic E-state index is -0.525. The number of aromatic nitrogens is 1. The summed E-state index contributed by atoms with van der Waals surface area (Å²) < 4.78 is 12.4. The van der Waals surface area contributed by atoms with Crippen molar-refractivity contribution in [3.8, 4) is 22.3 Å². The second-order valence-electron chi connectivity index (χ2n) is 10.6. The Morgan fingerprint density at radius 1 is 0.769 bits per heavy atom. The molecule has 0 amide bonds. The molecule has 1 atom stereocenters. The molecule has 3 aromatic carbocycles. The summed E-state index contributed by atoms with van der Waals surface area (Å²) in [5.74, 6) is -0.783. The van der Waals surface area contributed by atoms with E-state index in [1.165, 1.54) is 48.5 Å². The summed E-state index contributed by atoms with van der Waals surface area (Å²) in [6.07, 6.45) is 8.22. The van der Waals surface area contributed by atoms with Crippen LogP contribution in [0, 0.1) is 0 Å². The first-order chi connectivity index (χ1) is 19.1. The Morgan fingerprint density at radius 2 is 1.46 bits per heavy atom. The van der Waals surface area contributed by atoms with E-state index in [-0.39, 0.29) is 23.2 Å². The van der Waals surface area contributed by atoms with Crippen LogP contribution in [0.5, 0.6) is 0 Å². The highest BCUT2D eigenvalue weighted by Crippen LogP contribution is 2.48. The first kappa shape index (κ1) is 25.2. The monoisotopic (exact) mass is 519 g/mol. The maximum absolute atomic E-state index is 13.2. The average molecular weight is 520 g/mol. The quantitative estimate of drug-likeness (QED) is 0.246. The Balaban J connectivity index is 1.50. The predicted octanol–water partition coefficient (Wildman–Crippen LogP) is 7.59. The SMILES string of the molecule is COC(=O)c1c(-c2ccc3c(c2)-c2ccccc2C3Cc2ccccc2)cn(C2CCCCC2)c1C(=O)OC. The number of carbonyl (C=O) groups is 2. The lowest BCUT2D eigenvalue weighted by Gasteiger charge is -2.25.